The first kappa shape index (κ1) is 8.37. The molecule has 0 bridgehead atoms. The minimum Gasteiger partial charge on any atom is -0.361 e. The van der Waals surface area contributed by atoms with Gasteiger partial charge in [-0.2, -0.15) is 11.8 Å². The molecule has 0 aromatic heterocycles. The van der Waals surface area contributed by atoms with Gasteiger partial charge in [-0.05, 0) is 6.42 Å². The van der Waals surface area contributed by atoms with Gasteiger partial charge in [0, 0.05) is 24.7 Å². The first-order valence-electron chi connectivity index (χ1n) is 3.79. The van der Waals surface area contributed by atoms with E-state index in [0.29, 0.717) is 0 Å². The highest BCUT2D eigenvalue weighted by Gasteiger charge is 2.13. The Morgan fingerprint density at radius 3 is 3.20 bits per heavy atom. The van der Waals surface area contributed by atoms with Crippen molar-refractivity contribution in [3.05, 3.63) is 0 Å². The quantitative estimate of drug-likeness (QED) is 0.617. The molecule has 1 aliphatic rings. The van der Waals surface area contributed by atoms with Crippen LogP contribution in [0.4, 0.5) is 0 Å². The summed E-state index contributed by atoms with van der Waals surface area (Å²) in [6.45, 7) is 3.95. The van der Waals surface area contributed by atoms with E-state index in [1.54, 1.807) is 0 Å². The summed E-state index contributed by atoms with van der Waals surface area (Å²) in [4.78, 5) is 0. The van der Waals surface area contributed by atoms with Crippen molar-refractivity contribution >= 4 is 11.8 Å². The van der Waals surface area contributed by atoms with E-state index < -0.39 is 0 Å². The lowest BCUT2D eigenvalue weighted by molar-refractivity contribution is 0.0434. The molecule has 1 atom stereocenters. The van der Waals surface area contributed by atoms with Gasteiger partial charge >= 0.3 is 0 Å². The van der Waals surface area contributed by atoms with E-state index in [1.807, 2.05) is 11.8 Å². The van der Waals surface area contributed by atoms with E-state index in [0.717, 1.165) is 25.3 Å². The van der Waals surface area contributed by atoms with Gasteiger partial charge < -0.3 is 4.74 Å². The third-order valence-electron chi connectivity index (χ3n) is 1.34. The van der Waals surface area contributed by atoms with Gasteiger partial charge in [-0.25, -0.2) is 5.32 Å². The Morgan fingerprint density at radius 1 is 1.70 bits per heavy atom. The predicted molar refractivity (Wildman–Crippen MR) is 44.4 cm³/mol. The lowest BCUT2D eigenvalue weighted by atomic mass is 10.5. The summed E-state index contributed by atoms with van der Waals surface area (Å²) in [5, 5.41) is 4.32. The molecule has 0 saturated carbocycles. The average molecular weight is 160 g/mol. The van der Waals surface area contributed by atoms with Gasteiger partial charge in [0.05, 0.1) is 0 Å². The van der Waals surface area contributed by atoms with E-state index in [9.17, 15) is 0 Å². The molecule has 3 heteroatoms. The Labute approximate surface area is 66.7 Å². The predicted octanol–water partition coefficient (Wildman–Crippen LogP) is 1.09. The summed E-state index contributed by atoms with van der Waals surface area (Å²) < 4.78 is 5.44. The molecule has 0 aliphatic carbocycles. The second kappa shape index (κ2) is 4.99. The third-order valence-corrected chi connectivity index (χ3v) is 2.34. The molecule has 1 aliphatic heterocycles. The zero-order chi connectivity index (χ0) is 7.23. The van der Waals surface area contributed by atoms with Crippen LogP contribution in [0.5, 0.6) is 0 Å². The van der Waals surface area contributed by atoms with E-state index >= 15 is 0 Å². The Hall–Kier alpha value is 0.270. The fourth-order valence-corrected chi connectivity index (χ4v) is 1.66. The van der Waals surface area contributed by atoms with Crippen LogP contribution in [0.2, 0.25) is 0 Å². The molecule has 2 nitrogen and oxygen atoms in total. The number of thioether (sulfide) groups is 1. The molecule has 0 spiro atoms. The van der Waals surface area contributed by atoms with Crippen molar-refractivity contribution < 1.29 is 4.74 Å². The number of hydrogen-bond donors (Lipinski definition) is 0. The normalized spacial score (nSPS) is 26.7. The van der Waals surface area contributed by atoms with E-state index in [2.05, 4.69) is 12.2 Å². The number of rotatable bonds is 3. The lowest BCUT2D eigenvalue weighted by Gasteiger charge is -2.20. The fraction of sp³-hybridized carbons (Fsp3) is 1.00. The highest BCUT2D eigenvalue weighted by Crippen LogP contribution is 2.09. The van der Waals surface area contributed by atoms with Gasteiger partial charge in [-0.3, -0.25) is 0 Å². The van der Waals surface area contributed by atoms with Crippen LogP contribution in [0.1, 0.15) is 13.3 Å². The highest BCUT2D eigenvalue weighted by molar-refractivity contribution is 7.99. The van der Waals surface area contributed by atoms with Crippen LogP contribution in [-0.2, 0) is 4.74 Å². The molecule has 0 N–H and O–H groups in total. The van der Waals surface area contributed by atoms with Gasteiger partial charge in [0.15, 0.2) is 0 Å². The molecule has 0 aromatic rings. The zero-order valence-corrected chi connectivity index (χ0v) is 7.19. The standard InChI is InChI=1S/C7H14NOS/c1-2-4-9-7-6-10-5-3-8-7/h7H,2-6H2,1H3. The molecule has 1 unspecified atom stereocenters. The van der Waals surface area contributed by atoms with Gasteiger partial charge in [0.1, 0.15) is 6.23 Å². The monoisotopic (exact) mass is 160 g/mol. The van der Waals surface area contributed by atoms with Gasteiger partial charge in [-0.1, -0.05) is 6.92 Å². The van der Waals surface area contributed by atoms with Crippen molar-refractivity contribution in [1.82, 2.24) is 5.32 Å². The Morgan fingerprint density at radius 2 is 2.60 bits per heavy atom. The van der Waals surface area contributed by atoms with E-state index in [1.165, 1.54) is 5.75 Å². The van der Waals surface area contributed by atoms with E-state index in [-0.39, 0.29) is 6.23 Å². The molecule has 59 valence electrons. The van der Waals surface area contributed by atoms with Crippen molar-refractivity contribution in [2.24, 2.45) is 0 Å². The minimum atomic E-state index is 0.193. The molecule has 1 radical (unpaired) electrons. The van der Waals surface area contributed by atoms with Crippen LogP contribution in [-0.4, -0.2) is 30.9 Å². The van der Waals surface area contributed by atoms with Crippen LogP contribution < -0.4 is 5.32 Å². The molecule has 10 heavy (non-hydrogen) atoms. The largest absolute Gasteiger partial charge is 0.361 e. The van der Waals surface area contributed by atoms with Crippen LogP contribution in [0.15, 0.2) is 0 Å². The molecular weight excluding hydrogens is 146 g/mol. The summed E-state index contributed by atoms with van der Waals surface area (Å²) in [7, 11) is 0. The minimum absolute atomic E-state index is 0.193. The maximum Gasteiger partial charge on any atom is 0.132 e. The van der Waals surface area contributed by atoms with Crippen LogP contribution >= 0.6 is 11.8 Å². The van der Waals surface area contributed by atoms with Crippen molar-refractivity contribution in [2.45, 2.75) is 19.6 Å². The first-order valence-corrected chi connectivity index (χ1v) is 4.95. The summed E-state index contributed by atoms with van der Waals surface area (Å²) in [5.74, 6) is 2.23. The van der Waals surface area contributed by atoms with Crippen LogP contribution in [0.25, 0.3) is 0 Å². The second-order valence-electron chi connectivity index (χ2n) is 2.31. The fourth-order valence-electron chi connectivity index (χ4n) is 0.853. The smallest absolute Gasteiger partial charge is 0.132 e. The van der Waals surface area contributed by atoms with Crippen LogP contribution in [0, 0.1) is 0 Å². The van der Waals surface area contributed by atoms with E-state index in [4.69, 9.17) is 4.74 Å². The number of nitrogens with zero attached hydrogens (tertiary/aromatic N) is 1. The molecule has 1 heterocycles. The first-order chi connectivity index (χ1) is 4.93. The topological polar surface area (TPSA) is 23.3 Å². The number of ether oxygens (including phenoxy) is 1. The maximum atomic E-state index is 5.44. The molecule has 1 saturated heterocycles. The summed E-state index contributed by atoms with van der Waals surface area (Å²) in [6, 6.07) is 0. The van der Waals surface area contributed by atoms with Crippen molar-refractivity contribution in [2.75, 3.05) is 24.7 Å². The Balaban J connectivity index is 2.02. The molecule has 0 aromatic carbocycles. The summed E-state index contributed by atoms with van der Waals surface area (Å²) in [6.07, 6.45) is 1.29. The maximum absolute atomic E-state index is 5.44. The Kier molecular flexibility index (Phi) is 4.18. The zero-order valence-electron chi connectivity index (χ0n) is 6.38. The second-order valence-corrected chi connectivity index (χ2v) is 3.46. The molecule has 1 fully saturated rings. The Bertz CT molecular complexity index is 83.7. The van der Waals surface area contributed by atoms with Gasteiger partial charge in [0.25, 0.3) is 0 Å². The summed E-state index contributed by atoms with van der Waals surface area (Å²) in [5.41, 5.74) is 0. The third kappa shape index (κ3) is 2.90. The van der Waals surface area contributed by atoms with Gasteiger partial charge in [-0.15, -0.1) is 0 Å². The molecule has 0 amide bonds. The lowest BCUT2D eigenvalue weighted by Crippen LogP contribution is -2.33. The van der Waals surface area contributed by atoms with Gasteiger partial charge in [0.2, 0.25) is 0 Å². The van der Waals surface area contributed by atoms with Crippen LogP contribution in [0.3, 0.4) is 0 Å². The SMILES string of the molecule is CCCOC1CSCC[N]1. The number of hydrogen-bond acceptors (Lipinski definition) is 2. The molecular formula is C7H14NOS. The average Bonchev–Trinajstić information content (AvgIpc) is 2.03. The van der Waals surface area contributed by atoms with Crippen molar-refractivity contribution in [3.8, 4) is 0 Å². The van der Waals surface area contributed by atoms with Crippen molar-refractivity contribution in [3.63, 3.8) is 0 Å². The molecule has 1 rings (SSSR count). The van der Waals surface area contributed by atoms with Crippen molar-refractivity contribution in [1.29, 1.82) is 0 Å². The summed E-state index contributed by atoms with van der Waals surface area (Å²) >= 11 is 1.93. The highest BCUT2D eigenvalue weighted by atomic mass is 32.2.